The van der Waals surface area contributed by atoms with Gasteiger partial charge in [0.15, 0.2) is 0 Å². The fourth-order valence-corrected chi connectivity index (χ4v) is 3.77. The van der Waals surface area contributed by atoms with Crippen LogP contribution in [0.2, 0.25) is 5.02 Å². The van der Waals surface area contributed by atoms with Crippen LogP contribution >= 0.6 is 11.6 Å². The zero-order valence-electron chi connectivity index (χ0n) is 15.5. The molecule has 5 heteroatoms. The SMILES string of the molecule is O=C(NCCCc1ccccc1Cl)C1CCN(Cc2ccc(F)cc2)CC1. The Hall–Kier alpha value is -1.91. The van der Waals surface area contributed by atoms with Crippen molar-refractivity contribution in [1.82, 2.24) is 10.2 Å². The van der Waals surface area contributed by atoms with E-state index in [0.29, 0.717) is 6.54 Å². The summed E-state index contributed by atoms with van der Waals surface area (Å²) in [6, 6.07) is 14.5. The summed E-state index contributed by atoms with van der Waals surface area (Å²) in [6.07, 6.45) is 3.50. The van der Waals surface area contributed by atoms with E-state index in [1.807, 2.05) is 36.4 Å². The molecule has 1 saturated heterocycles. The molecule has 1 fully saturated rings. The molecule has 0 aliphatic carbocycles. The van der Waals surface area contributed by atoms with Crippen LogP contribution in [0, 0.1) is 11.7 Å². The van der Waals surface area contributed by atoms with Crippen molar-refractivity contribution in [2.75, 3.05) is 19.6 Å². The molecule has 2 aromatic carbocycles. The Balaban J connectivity index is 1.34. The third-order valence-electron chi connectivity index (χ3n) is 5.16. The van der Waals surface area contributed by atoms with Crippen molar-refractivity contribution in [2.24, 2.45) is 5.92 Å². The van der Waals surface area contributed by atoms with Crippen LogP contribution in [0.4, 0.5) is 4.39 Å². The van der Waals surface area contributed by atoms with Gasteiger partial charge in [0, 0.05) is 24.0 Å². The molecule has 1 aliphatic rings. The summed E-state index contributed by atoms with van der Waals surface area (Å²) in [7, 11) is 0. The van der Waals surface area contributed by atoms with E-state index in [2.05, 4.69) is 10.2 Å². The smallest absolute Gasteiger partial charge is 0.223 e. The number of rotatable bonds is 7. The number of nitrogens with one attached hydrogen (secondary N) is 1. The third-order valence-corrected chi connectivity index (χ3v) is 5.53. The Morgan fingerprint density at radius 1 is 1.11 bits per heavy atom. The van der Waals surface area contributed by atoms with Gasteiger partial charge >= 0.3 is 0 Å². The molecule has 3 nitrogen and oxygen atoms in total. The van der Waals surface area contributed by atoms with Crippen molar-refractivity contribution in [2.45, 2.75) is 32.2 Å². The lowest BCUT2D eigenvalue weighted by Gasteiger charge is -2.31. The monoisotopic (exact) mass is 388 g/mol. The van der Waals surface area contributed by atoms with Crippen LogP contribution < -0.4 is 5.32 Å². The van der Waals surface area contributed by atoms with E-state index in [1.54, 1.807) is 0 Å². The summed E-state index contributed by atoms with van der Waals surface area (Å²) in [5, 5.41) is 3.86. The topological polar surface area (TPSA) is 32.3 Å². The van der Waals surface area contributed by atoms with E-state index < -0.39 is 0 Å². The Morgan fingerprint density at radius 3 is 2.52 bits per heavy atom. The molecule has 3 rings (SSSR count). The molecule has 0 atom stereocenters. The molecule has 1 amide bonds. The van der Waals surface area contributed by atoms with Crippen LogP contribution in [0.25, 0.3) is 0 Å². The number of hydrogen-bond donors (Lipinski definition) is 1. The highest BCUT2D eigenvalue weighted by molar-refractivity contribution is 6.31. The lowest BCUT2D eigenvalue weighted by atomic mass is 9.95. The minimum atomic E-state index is -0.205. The summed E-state index contributed by atoms with van der Waals surface area (Å²) in [4.78, 5) is 14.7. The number of amides is 1. The molecule has 0 radical (unpaired) electrons. The second-order valence-electron chi connectivity index (χ2n) is 7.16. The average Bonchev–Trinajstić information content (AvgIpc) is 2.69. The second kappa shape index (κ2) is 9.86. The fourth-order valence-electron chi connectivity index (χ4n) is 3.54. The van der Waals surface area contributed by atoms with Gasteiger partial charge in [0.1, 0.15) is 5.82 Å². The molecule has 0 saturated carbocycles. The summed E-state index contributed by atoms with van der Waals surface area (Å²) in [6.45, 7) is 3.29. The van der Waals surface area contributed by atoms with E-state index in [1.165, 1.54) is 12.1 Å². The van der Waals surface area contributed by atoms with Crippen LogP contribution in [0.1, 0.15) is 30.4 Å². The van der Waals surface area contributed by atoms with Crippen LogP contribution in [-0.4, -0.2) is 30.4 Å². The van der Waals surface area contributed by atoms with Crippen molar-refractivity contribution in [3.8, 4) is 0 Å². The summed E-state index contributed by atoms with van der Waals surface area (Å²) in [5.74, 6) is 0.0500. The van der Waals surface area contributed by atoms with Crippen molar-refractivity contribution in [3.05, 3.63) is 70.5 Å². The molecule has 27 heavy (non-hydrogen) atoms. The first-order valence-corrected chi connectivity index (χ1v) is 9.97. The lowest BCUT2D eigenvalue weighted by Crippen LogP contribution is -2.40. The highest BCUT2D eigenvalue weighted by atomic mass is 35.5. The van der Waals surface area contributed by atoms with Gasteiger partial charge in [-0.05, 0) is 68.1 Å². The predicted octanol–water partition coefficient (Wildman–Crippen LogP) is 4.44. The van der Waals surface area contributed by atoms with Gasteiger partial charge in [-0.25, -0.2) is 4.39 Å². The fraction of sp³-hybridized carbons (Fsp3) is 0.409. The normalized spacial score (nSPS) is 15.6. The maximum atomic E-state index is 13.0. The quantitative estimate of drug-likeness (QED) is 0.711. The number of carbonyl (C=O) groups excluding carboxylic acids is 1. The van der Waals surface area contributed by atoms with Crippen LogP contribution in [-0.2, 0) is 17.8 Å². The molecule has 0 unspecified atom stereocenters. The molecule has 144 valence electrons. The first kappa shape index (κ1) is 19.8. The molecule has 0 spiro atoms. The van der Waals surface area contributed by atoms with Crippen molar-refractivity contribution < 1.29 is 9.18 Å². The molecular formula is C22H26ClFN2O. The Morgan fingerprint density at radius 2 is 1.81 bits per heavy atom. The molecule has 0 aromatic heterocycles. The molecule has 1 N–H and O–H groups in total. The largest absolute Gasteiger partial charge is 0.356 e. The van der Waals surface area contributed by atoms with Crippen LogP contribution in [0.15, 0.2) is 48.5 Å². The third kappa shape index (κ3) is 6.05. The average molecular weight is 389 g/mol. The number of piperidine rings is 1. The number of benzene rings is 2. The molecule has 2 aromatic rings. The zero-order valence-corrected chi connectivity index (χ0v) is 16.2. The van der Waals surface area contributed by atoms with Crippen molar-refractivity contribution in [3.63, 3.8) is 0 Å². The van der Waals surface area contributed by atoms with E-state index in [4.69, 9.17) is 11.6 Å². The first-order valence-electron chi connectivity index (χ1n) is 9.60. The maximum Gasteiger partial charge on any atom is 0.223 e. The van der Waals surface area contributed by atoms with Gasteiger partial charge < -0.3 is 5.32 Å². The summed E-state index contributed by atoms with van der Waals surface area (Å²) in [5.41, 5.74) is 2.24. The Labute approximate surface area is 165 Å². The van der Waals surface area contributed by atoms with Gasteiger partial charge in [-0.15, -0.1) is 0 Å². The van der Waals surface area contributed by atoms with E-state index >= 15 is 0 Å². The number of nitrogens with zero attached hydrogens (tertiary/aromatic N) is 1. The summed E-state index contributed by atoms with van der Waals surface area (Å²) < 4.78 is 13.0. The second-order valence-corrected chi connectivity index (χ2v) is 7.57. The molecule has 1 heterocycles. The van der Waals surface area contributed by atoms with Crippen molar-refractivity contribution in [1.29, 1.82) is 0 Å². The van der Waals surface area contributed by atoms with E-state index in [9.17, 15) is 9.18 Å². The van der Waals surface area contributed by atoms with E-state index in [0.717, 1.165) is 61.5 Å². The Kier molecular flexibility index (Phi) is 7.25. The minimum Gasteiger partial charge on any atom is -0.356 e. The van der Waals surface area contributed by atoms with Gasteiger partial charge in [-0.2, -0.15) is 0 Å². The molecule has 0 bridgehead atoms. The van der Waals surface area contributed by atoms with Gasteiger partial charge in [-0.1, -0.05) is 41.9 Å². The first-order chi connectivity index (χ1) is 13.1. The highest BCUT2D eigenvalue weighted by Gasteiger charge is 2.24. The van der Waals surface area contributed by atoms with Gasteiger partial charge in [-0.3, -0.25) is 9.69 Å². The predicted molar refractivity (Wildman–Crippen MR) is 107 cm³/mol. The number of aryl methyl sites for hydroxylation is 1. The van der Waals surface area contributed by atoms with Crippen LogP contribution in [0.5, 0.6) is 0 Å². The highest BCUT2D eigenvalue weighted by Crippen LogP contribution is 2.20. The van der Waals surface area contributed by atoms with Gasteiger partial charge in [0.2, 0.25) is 5.91 Å². The Bertz CT molecular complexity index is 742. The maximum absolute atomic E-state index is 13.0. The standard InChI is InChI=1S/C22H26ClFN2O/c23-21-6-2-1-4-18(21)5-3-13-25-22(27)19-11-14-26(15-12-19)16-17-7-9-20(24)10-8-17/h1-2,4,6-10,19H,3,5,11-16H2,(H,25,27). The summed E-state index contributed by atoms with van der Waals surface area (Å²) >= 11 is 6.16. The number of hydrogen-bond acceptors (Lipinski definition) is 2. The number of halogens is 2. The van der Waals surface area contributed by atoms with E-state index in [-0.39, 0.29) is 17.6 Å². The zero-order chi connectivity index (χ0) is 19.1. The minimum absolute atomic E-state index is 0.0924. The van der Waals surface area contributed by atoms with Gasteiger partial charge in [0.05, 0.1) is 0 Å². The van der Waals surface area contributed by atoms with Crippen LogP contribution in [0.3, 0.4) is 0 Å². The molecular weight excluding hydrogens is 363 g/mol. The number of likely N-dealkylation sites (tertiary alicyclic amines) is 1. The van der Waals surface area contributed by atoms with Crippen molar-refractivity contribution >= 4 is 17.5 Å². The number of carbonyl (C=O) groups is 1. The molecule has 1 aliphatic heterocycles. The van der Waals surface area contributed by atoms with Gasteiger partial charge in [0.25, 0.3) is 0 Å². The lowest BCUT2D eigenvalue weighted by molar-refractivity contribution is -0.126.